The van der Waals surface area contributed by atoms with Crippen LogP contribution in [0.1, 0.15) is 0 Å². The number of benzene rings is 2. The number of aromatic nitrogens is 4. The predicted octanol–water partition coefficient (Wildman–Crippen LogP) is 5.40. The second kappa shape index (κ2) is 6.51. The van der Waals surface area contributed by atoms with E-state index in [1.165, 1.54) is 0 Å². The van der Waals surface area contributed by atoms with Crippen LogP contribution in [0.25, 0.3) is 22.4 Å². The van der Waals surface area contributed by atoms with E-state index in [1.807, 2.05) is 6.07 Å². The lowest BCUT2D eigenvalue weighted by Crippen LogP contribution is -1.95. The molecule has 2 heterocycles. The molecular weight excluding hydrogens is 385 g/mol. The molecule has 0 spiro atoms. The van der Waals surface area contributed by atoms with Crippen LogP contribution in [0.4, 0.5) is 8.78 Å². The van der Waals surface area contributed by atoms with E-state index < -0.39 is 11.6 Å². The summed E-state index contributed by atoms with van der Waals surface area (Å²) in [5, 5.41) is 7.28. The summed E-state index contributed by atoms with van der Waals surface area (Å²) >= 11 is 12.3. The van der Waals surface area contributed by atoms with Crippen LogP contribution in [-0.2, 0) is 0 Å². The van der Waals surface area contributed by atoms with Gasteiger partial charge < -0.3 is 4.74 Å². The van der Waals surface area contributed by atoms with Gasteiger partial charge in [0.1, 0.15) is 11.3 Å². The summed E-state index contributed by atoms with van der Waals surface area (Å²) < 4.78 is 32.1. The van der Waals surface area contributed by atoms with Gasteiger partial charge in [-0.05, 0) is 18.2 Å². The highest BCUT2D eigenvalue weighted by Gasteiger charge is 2.18. The van der Waals surface area contributed by atoms with Crippen LogP contribution < -0.4 is 4.74 Å². The van der Waals surface area contributed by atoms with Gasteiger partial charge >= 0.3 is 0 Å². The molecule has 0 saturated carbocycles. The van der Waals surface area contributed by atoms with Gasteiger partial charge in [-0.2, -0.15) is 10.1 Å². The maximum absolute atomic E-state index is 13.8. The van der Waals surface area contributed by atoms with Crippen LogP contribution in [-0.4, -0.2) is 20.2 Å². The first-order valence-corrected chi connectivity index (χ1v) is 8.08. The summed E-state index contributed by atoms with van der Waals surface area (Å²) in [5.41, 5.74) is 1.82. The molecule has 0 aliphatic carbocycles. The van der Waals surface area contributed by atoms with E-state index in [9.17, 15) is 8.78 Å². The van der Waals surface area contributed by atoms with E-state index in [1.54, 1.807) is 18.2 Å². The van der Waals surface area contributed by atoms with Crippen molar-refractivity contribution in [2.24, 2.45) is 0 Å². The van der Waals surface area contributed by atoms with E-state index in [0.717, 1.165) is 12.1 Å². The molecular formula is C17H8Cl2F2N4O. The average Bonchev–Trinajstić information content (AvgIpc) is 3.00. The largest absolute Gasteiger partial charge is 0.433 e. The normalized spacial score (nSPS) is 11.1. The fourth-order valence-corrected chi connectivity index (χ4v) is 2.77. The number of hydrogen-bond donors (Lipinski definition) is 1. The van der Waals surface area contributed by atoms with Gasteiger partial charge in [0, 0.05) is 11.6 Å². The Morgan fingerprint density at radius 3 is 2.58 bits per heavy atom. The van der Waals surface area contributed by atoms with E-state index in [-0.39, 0.29) is 22.4 Å². The quantitative estimate of drug-likeness (QED) is 0.507. The third-order valence-corrected chi connectivity index (χ3v) is 4.14. The third-order valence-electron chi connectivity index (χ3n) is 3.56. The summed E-state index contributed by atoms with van der Waals surface area (Å²) in [6, 6.07) is 10.0. The number of nitrogens with one attached hydrogen (secondary N) is 1. The predicted molar refractivity (Wildman–Crippen MR) is 93.6 cm³/mol. The third kappa shape index (κ3) is 2.95. The van der Waals surface area contributed by atoms with Crippen LogP contribution in [0, 0.1) is 11.6 Å². The first kappa shape index (κ1) is 16.7. The number of ether oxygens (including phenoxy) is 1. The summed E-state index contributed by atoms with van der Waals surface area (Å²) in [7, 11) is 0. The molecule has 0 unspecified atom stereocenters. The van der Waals surface area contributed by atoms with E-state index in [4.69, 9.17) is 27.9 Å². The maximum atomic E-state index is 13.8. The molecule has 0 atom stereocenters. The first-order valence-electron chi connectivity index (χ1n) is 7.32. The molecule has 0 fully saturated rings. The van der Waals surface area contributed by atoms with Crippen LogP contribution in [0.2, 0.25) is 10.2 Å². The van der Waals surface area contributed by atoms with Gasteiger partial charge in [0.15, 0.2) is 16.7 Å². The molecule has 0 amide bonds. The molecule has 2 aromatic heterocycles. The van der Waals surface area contributed by atoms with Gasteiger partial charge in [-0.3, -0.25) is 5.10 Å². The van der Waals surface area contributed by atoms with Gasteiger partial charge in [0.2, 0.25) is 5.65 Å². The van der Waals surface area contributed by atoms with Gasteiger partial charge in [0.25, 0.3) is 5.88 Å². The highest BCUT2D eigenvalue weighted by Crippen LogP contribution is 2.34. The molecule has 0 aliphatic heterocycles. The van der Waals surface area contributed by atoms with Gasteiger partial charge in [-0.1, -0.05) is 41.4 Å². The minimum absolute atomic E-state index is 0.101. The second-order valence-electron chi connectivity index (χ2n) is 5.25. The summed E-state index contributed by atoms with van der Waals surface area (Å²) in [4.78, 5) is 8.37. The minimum Gasteiger partial charge on any atom is -0.433 e. The average molecular weight is 393 g/mol. The minimum atomic E-state index is -0.887. The highest BCUT2D eigenvalue weighted by atomic mass is 35.5. The monoisotopic (exact) mass is 392 g/mol. The molecule has 4 rings (SSSR count). The van der Waals surface area contributed by atoms with E-state index >= 15 is 0 Å². The highest BCUT2D eigenvalue weighted by molar-refractivity contribution is 6.33. The lowest BCUT2D eigenvalue weighted by molar-refractivity contribution is 0.423. The molecule has 5 nitrogen and oxygen atoms in total. The Balaban J connectivity index is 1.78. The van der Waals surface area contributed by atoms with Crippen molar-refractivity contribution in [2.45, 2.75) is 0 Å². The fourth-order valence-electron chi connectivity index (χ4n) is 2.38. The van der Waals surface area contributed by atoms with Crippen LogP contribution in [0.15, 0.2) is 42.5 Å². The van der Waals surface area contributed by atoms with Gasteiger partial charge in [-0.15, -0.1) is 0 Å². The number of halogens is 4. The molecule has 0 aliphatic rings. The van der Waals surface area contributed by atoms with E-state index in [2.05, 4.69) is 20.2 Å². The maximum Gasteiger partial charge on any atom is 0.259 e. The van der Waals surface area contributed by atoms with Crippen LogP contribution >= 0.6 is 23.2 Å². The Kier molecular flexibility index (Phi) is 4.18. The van der Waals surface area contributed by atoms with Crippen LogP contribution in [0.3, 0.4) is 0 Å². The second-order valence-corrected chi connectivity index (χ2v) is 6.01. The van der Waals surface area contributed by atoms with Crippen molar-refractivity contribution >= 4 is 34.4 Å². The molecule has 0 radical (unpaired) electrons. The Morgan fingerprint density at radius 2 is 1.81 bits per heavy atom. The molecule has 4 aromatic rings. The smallest absolute Gasteiger partial charge is 0.259 e. The Morgan fingerprint density at radius 1 is 1.00 bits per heavy atom. The van der Waals surface area contributed by atoms with Crippen molar-refractivity contribution in [2.75, 3.05) is 0 Å². The standard InChI is InChI=1S/C17H8Cl2F2N4O/c18-10-4-2-1-3-9(10)13-14-16(25-24-13)23-17(15(19)22-14)26-12-6-5-8(20)7-11(12)21/h1-7H,(H,23,24,25). The fraction of sp³-hybridized carbons (Fsp3) is 0. The van der Waals surface area contributed by atoms with Crippen molar-refractivity contribution in [3.8, 4) is 22.9 Å². The topological polar surface area (TPSA) is 63.7 Å². The Bertz CT molecular complexity index is 1130. The molecule has 26 heavy (non-hydrogen) atoms. The summed E-state index contributed by atoms with van der Waals surface area (Å²) in [5.74, 6) is -1.99. The number of rotatable bonds is 3. The summed E-state index contributed by atoms with van der Waals surface area (Å²) in [6.07, 6.45) is 0. The van der Waals surface area contributed by atoms with Crippen molar-refractivity contribution in [1.29, 1.82) is 0 Å². The molecule has 1 N–H and O–H groups in total. The molecule has 130 valence electrons. The van der Waals surface area contributed by atoms with Crippen LogP contribution in [0.5, 0.6) is 11.6 Å². The molecule has 0 bridgehead atoms. The number of H-pyrrole nitrogens is 1. The zero-order valence-corrected chi connectivity index (χ0v) is 14.3. The van der Waals surface area contributed by atoms with Crippen molar-refractivity contribution in [3.05, 3.63) is 64.3 Å². The van der Waals surface area contributed by atoms with Gasteiger partial charge in [-0.25, -0.2) is 13.8 Å². The lowest BCUT2D eigenvalue weighted by atomic mass is 10.1. The molecule has 0 saturated heterocycles. The van der Waals surface area contributed by atoms with Crippen molar-refractivity contribution in [3.63, 3.8) is 0 Å². The zero-order valence-electron chi connectivity index (χ0n) is 12.8. The summed E-state index contributed by atoms with van der Waals surface area (Å²) in [6.45, 7) is 0. The van der Waals surface area contributed by atoms with Crippen molar-refractivity contribution in [1.82, 2.24) is 20.2 Å². The Hall–Kier alpha value is -2.77. The number of nitrogens with zero attached hydrogens (tertiary/aromatic N) is 3. The van der Waals surface area contributed by atoms with E-state index in [0.29, 0.717) is 27.9 Å². The number of aromatic amines is 1. The SMILES string of the molecule is Fc1ccc(Oc2nc3n[nH]c(-c4ccccc4Cl)c3nc2Cl)c(F)c1. The first-order chi connectivity index (χ1) is 12.5. The number of fused-ring (bicyclic) bond motifs is 1. The number of hydrogen-bond acceptors (Lipinski definition) is 4. The Labute approximate surface area is 155 Å². The zero-order chi connectivity index (χ0) is 18.3. The molecule has 2 aromatic carbocycles. The lowest BCUT2D eigenvalue weighted by Gasteiger charge is -2.07. The van der Waals surface area contributed by atoms with Crippen molar-refractivity contribution < 1.29 is 13.5 Å². The van der Waals surface area contributed by atoms with Gasteiger partial charge in [0.05, 0.1) is 10.7 Å². The molecule has 9 heteroatoms.